The molecule has 1 aromatic heterocycles. The summed E-state index contributed by atoms with van der Waals surface area (Å²) in [6.07, 6.45) is 0. The summed E-state index contributed by atoms with van der Waals surface area (Å²) in [5.74, 6) is -0.511. The highest BCUT2D eigenvalue weighted by molar-refractivity contribution is 5.88. The van der Waals surface area contributed by atoms with E-state index in [0.29, 0.717) is 11.3 Å². The Morgan fingerprint density at radius 1 is 1.37 bits per heavy atom. The van der Waals surface area contributed by atoms with Gasteiger partial charge in [0.1, 0.15) is 5.69 Å². The number of hydrogen-bond acceptors (Lipinski definition) is 3. The number of aryl methyl sites for hydroxylation is 1. The fraction of sp³-hybridized carbons (Fsp3) is 0.286. The normalized spacial score (nSPS) is 10.5. The molecule has 0 saturated carbocycles. The molecule has 0 spiro atoms. The Morgan fingerprint density at radius 2 is 2.11 bits per heavy atom. The second-order valence-electron chi connectivity index (χ2n) is 4.31. The first-order valence-electron chi connectivity index (χ1n) is 6.10. The van der Waals surface area contributed by atoms with E-state index in [0.717, 1.165) is 5.56 Å². The molecule has 0 amide bonds. The summed E-state index contributed by atoms with van der Waals surface area (Å²) in [5, 5.41) is 2.81. The van der Waals surface area contributed by atoms with Crippen LogP contribution in [0.15, 0.2) is 29.1 Å². The van der Waals surface area contributed by atoms with Crippen LogP contribution in [0.4, 0.5) is 0 Å². The van der Waals surface area contributed by atoms with E-state index in [1.54, 1.807) is 19.9 Å². The van der Waals surface area contributed by atoms with Gasteiger partial charge in [-0.05, 0) is 38.5 Å². The molecule has 0 aliphatic carbocycles. The first-order chi connectivity index (χ1) is 9.04. The minimum absolute atomic E-state index is 0.202. The van der Waals surface area contributed by atoms with Gasteiger partial charge in [-0.15, -0.1) is 0 Å². The average Bonchev–Trinajstić information content (AvgIpc) is 2.67. The highest BCUT2D eigenvalue weighted by Gasteiger charge is 2.18. The zero-order valence-electron chi connectivity index (χ0n) is 11.2. The van der Waals surface area contributed by atoms with Crippen LogP contribution in [-0.2, 0) is 4.74 Å². The molecule has 0 saturated heterocycles. The number of rotatable bonds is 3. The van der Waals surface area contributed by atoms with E-state index in [1.807, 2.05) is 25.1 Å². The van der Waals surface area contributed by atoms with Crippen molar-refractivity contribution >= 4 is 5.97 Å². The molecule has 1 N–H and O–H groups in total. The maximum Gasteiger partial charge on any atom is 0.356 e. The van der Waals surface area contributed by atoms with Crippen LogP contribution < -0.4 is 5.56 Å². The van der Waals surface area contributed by atoms with Crippen LogP contribution in [0, 0.1) is 13.8 Å². The van der Waals surface area contributed by atoms with Crippen molar-refractivity contribution in [1.82, 2.24) is 9.78 Å². The molecule has 0 aliphatic heterocycles. The van der Waals surface area contributed by atoms with E-state index in [-0.39, 0.29) is 17.9 Å². The van der Waals surface area contributed by atoms with E-state index in [2.05, 4.69) is 5.10 Å². The minimum Gasteiger partial charge on any atom is -0.461 e. The van der Waals surface area contributed by atoms with E-state index in [1.165, 1.54) is 4.68 Å². The summed E-state index contributed by atoms with van der Waals surface area (Å²) in [6, 6.07) is 7.47. The van der Waals surface area contributed by atoms with Crippen molar-refractivity contribution < 1.29 is 9.53 Å². The van der Waals surface area contributed by atoms with E-state index in [4.69, 9.17) is 4.74 Å². The maximum absolute atomic E-state index is 12.1. The van der Waals surface area contributed by atoms with Gasteiger partial charge < -0.3 is 4.74 Å². The minimum atomic E-state index is -0.511. The SMILES string of the molecule is CCOC(=O)c1[nH]n(-c2cccc(C)c2)c(=O)c1C. The summed E-state index contributed by atoms with van der Waals surface area (Å²) in [4.78, 5) is 23.9. The molecule has 1 aromatic carbocycles. The lowest BCUT2D eigenvalue weighted by Crippen LogP contribution is -2.15. The van der Waals surface area contributed by atoms with Crippen molar-refractivity contribution in [3.63, 3.8) is 0 Å². The van der Waals surface area contributed by atoms with Crippen molar-refractivity contribution in [3.05, 3.63) is 51.4 Å². The van der Waals surface area contributed by atoms with Crippen LogP contribution in [-0.4, -0.2) is 22.4 Å². The Kier molecular flexibility index (Phi) is 3.55. The molecule has 0 radical (unpaired) electrons. The van der Waals surface area contributed by atoms with Crippen LogP contribution in [0.1, 0.15) is 28.5 Å². The van der Waals surface area contributed by atoms with Gasteiger partial charge in [0.05, 0.1) is 12.3 Å². The van der Waals surface area contributed by atoms with Crippen molar-refractivity contribution in [1.29, 1.82) is 0 Å². The second-order valence-corrected chi connectivity index (χ2v) is 4.31. The van der Waals surface area contributed by atoms with E-state index >= 15 is 0 Å². The number of hydrogen-bond donors (Lipinski definition) is 1. The highest BCUT2D eigenvalue weighted by Crippen LogP contribution is 2.10. The summed E-state index contributed by atoms with van der Waals surface area (Å²) in [6.45, 7) is 5.55. The van der Waals surface area contributed by atoms with Gasteiger partial charge in [0.2, 0.25) is 0 Å². The zero-order chi connectivity index (χ0) is 14.0. The molecule has 2 rings (SSSR count). The van der Waals surface area contributed by atoms with Crippen molar-refractivity contribution in [2.45, 2.75) is 20.8 Å². The van der Waals surface area contributed by atoms with Crippen LogP contribution in [0.5, 0.6) is 0 Å². The van der Waals surface area contributed by atoms with Gasteiger partial charge >= 0.3 is 5.97 Å². The predicted molar refractivity (Wildman–Crippen MR) is 71.8 cm³/mol. The summed E-state index contributed by atoms with van der Waals surface area (Å²) in [7, 11) is 0. The van der Waals surface area contributed by atoms with Gasteiger partial charge in [0, 0.05) is 5.56 Å². The quantitative estimate of drug-likeness (QED) is 0.858. The number of aromatic amines is 1. The lowest BCUT2D eigenvalue weighted by atomic mass is 10.2. The predicted octanol–water partition coefficient (Wildman–Crippen LogP) is 1.96. The fourth-order valence-electron chi connectivity index (χ4n) is 1.87. The number of ether oxygens (including phenoxy) is 1. The lowest BCUT2D eigenvalue weighted by Gasteiger charge is -2.03. The zero-order valence-corrected chi connectivity index (χ0v) is 11.2. The molecule has 1 heterocycles. The topological polar surface area (TPSA) is 64.1 Å². The van der Waals surface area contributed by atoms with Gasteiger partial charge in [-0.1, -0.05) is 12.1 Å². The molecule has 0 bridgehead atoms. The molecule has 19 heavy (non-hydrogen) atoms. The number of benzene rings is 1. The number of nitrogens with one attached hydrogen (secondary N) is 1. The Bertz CT molecular complexity index is 668. The van der Waals surface area contributed by atoms with E-state index in [9.17, 15) is 9.59 Å². The Hall–Kier alpha value is -2.30. The Morgan fingerprint density at radius 3 is 2.74 bits per heavy atom. The van der Waals surface area contributed by atoms with Crippen LogP contribution in [0.3, 0.4) is 0 Å². The molecule has 100 valence electrons. The van der Waals surface area contributed by atoms with Crippen molar-refractivity contribution in [2.75, 3.05) is 6.61 Å². The first-order valence-corrected chi connectivity index (χ1v) is 6.10. The standard InChI is InChI=1S/C14H16N2O3/c1-4-19-14(18)12-10(3)13(17)16(15-12)11-7-5-6-9(2)8-11/h5-8,15H,4H2,1-3H3. The van der Waals surface area contributed by atoms with Crippen LogP contribution in [0.2, 0.25) is 0 Å². The van der Waals surface area contributed by atoms with Gasteiger partial charge in [0.25, 0.3) is 5.56 Å². The Balaban J connectivity index is 2.52. The average molecular weight is 260 g/mol. The highest BCUT2D eigenvalue weighted by atomic mass is 16.5. The van der Waals surface area contributed by atoms with Crippen LogP contribution in [0.25, 0.3) is 5.69 Å². The van der Waals surface area contributed by atoms with Gasteiger partial charge in [-0.25, -0.2) is 9.48 Å². The van der Waals surface area contributed by atoms with Crippen molar-refractivity contribution in [2.24, 2.45) is 0 Å². The van der Waals surface area contributed by atoms with Gasteiger partial charge in [-0.3, -0.25) is 9.89 Å². The monoisotopic (exact) mass is 260 g/mol. The summed E-state index contributed by atoms with van der Waals surface area (Å²) in [5.41, 5.74) is 2.06. The fourth-order valence-corrected chi connectivity index (χ4v) is 1.87. The third kappa shape index (κ3) is 2.45. The summed E-state index contributed by atoms with van der Waals surface area (Å²) >= 11 is 0. The number of nitrogens with zero attached hydrogens (tertiary/aromatic N) is 1. The second kappa shape index (κ2) is 5.14. The van der Waals surface area contributed by atoms with Crippen LogP contribution >= 0.6 is 0 Å². The number of aromatic nitrogens is 2. The van der Waals surface area contributed by atoms with Crippen molar-refractivity contribution in [3.8, 4) is 5.69 Å². The molecule has 0 unspecified atom stereocenters. The number of H-pyrrole nitrogens is 1. The number of esters is 1. The molecule has 0 fully saturated rings. The summed E-state index contributed by atoms with van der Waals surface area (Å²) < 4.78 is 6.27. The molecule has 5 nitrogen and oxygen atoms in total. The molecular formula is C14H16N2O3. The molecule has 5 heteroatoms. The van der Waals surface area contributed by atoms with E-state index < -0.39 is 5.97 Å². The smallest absolute Gasteiger partial charge is 0.356 e. The lowest BCUT2D eigenvalue weighted by molar-refractivity contribution is 0.0518. The first kappa shape index (κ1) is 13.1. The molecule has 0 aliphatic rings. The number of carbonyl (C=O) groups is 1. The maximum atomic E-state index is 12.1. The third-order valence-electron chi connectivity index (χ3n) is 2.86. The largest absolute Gasteiger partial charge is 0.461 e. The molecule has 2 aromatic rings. The number of carbonyl (C=O) groups excluding carboxylic acids is 1. The molecule has 0 atom stereocenters. The molecular weight excluding hydrogens is 244 g/mol. The van der Waals surface area contributed by atoms with Gasteiger partial charge in [-0.2, -0.15) is 0 Å². The third-order valence-corrected chi connectivity index (χ3v) is 2.86. The van der Waals surface area contributed by atoms with Gasteiger partial charge in [0.15, 0.2) is 0 Å². The Labute approximate surface area is 110 Å².